The molecule has 2 saturated carbocycles. The van der Waals surface area contributed by atoms with E-state index < -0.39 is 22.8 Å². The van der Waals surface area contributed by atoms with Gasteiger partial charge in [-0.15, -0.1) is 0 Å². The molecule has 1 aromatic carbocycles. The Morgan fingerprint density at radius 3 is 2.50 bits per heavy atom. The lowest BCUT2D eigenvalue weighted by atomic mass is 9.78. The predicted molar refractivity (Wildman–Crippen MR) is 131 cm³/mol. The first-order valence-corrected chi connectivity index (χ1v) is 13.6. The van der Waals surface area contributed by atoms with E-state index in [-0.39, 0.29) is 30.2 Å². The largest absolute Gasteiger partial charge is 0.417 e. The van der Waals surface area contributed by atoms with Crippen LogP contribution < -0.4 is 0 Å². The monoisotopic (exact) mass is 533 g/mol. The normalized spacial score (nSPS) is 29.2. The van der Waals surface area contributed by atoms with E-state index in [0.717, 1.165) is 44.4 Å². The Kier molecular flexibility index (Phi) is 6.28. The van der Waals surface area contributed by atoms with Crippen LogP contribution in [0.5, 0.6) is 0 Å². The first kappa shape index (κ1) is 25.7. The number of hydrogen-bond acceptors (Lipinski definition) is 3. The summed E-state index contributed by atoms with van der Waals surface area (Å²) in [6, 6.07) is 7.00. The summed E-state index contributed by atoms with van der Waals surface area (Å²) in [7, 11) is 0. The van der Waals surface area contributed by atoms with E-state index in [9.17, 15) is 22.4 Å². The molecule has 2 aliphatic heterocycles. The Bertz CT molecular complexity index is 1210. The summed E-state index contributed by atoms with van der Waals surface area (Å²) in [4.78, 5) is 22.1. The smallest absolute Gasteiger partial charge is 0.337 e. The third-order valence-corrected chi connectivity index (χ3v) is 9.66. The molecule has 4 aliphatic rings. The van der Waals surface area contributed by atoms with Gasteiger partial charge in [-0.3, -0.25) is 9.78 Å². The second kappa shape index (κ2) is 9.28. The summed E-state index contributed by atoms with van der Waals surface area (Å²) in [5, 5.41) is 0. The maximum absolute atomic E-state index is 15.7. The number of alkyl halides is 4. The van der Waals surface area contributed by atoms with Crippen LogP contribution in [0, 0.1) is 17.2 Å². The summed E-state index contributed by atoms with van der Waals surface area (Å²) in [6.45, 7) is 1.79. The van der Waals surface area contributed by atoms with Gasteiger partial charge in [-0.05, 0) is 73.8 Å². The third kappa shape index (κ3) is 4.40. The van der Waals surface area contributed by atoms with Crippen molar-refractivity contribution in [3.8, 4) is 0 Å². The molecule has 2 aliphatic carbocycles. The zero-order valence-corrected chi connectivity index (χ0v) is 21.2. The highest BCUT2D eigenvalue weighted by molar-refractivity contribution is 5.84. The lowest BCUT2D eigenvalue weighted by Gasteiger charge is -2.41. The number of rotatable bonds is 3. The van der Waals surface area contributed by atoms with Gasteiger partial charge in [-0.25, -0.2) is 8.78 Å². The van der Waals surface area contributed by atoms with Gasteiger partial charge < -0.3 is 9.80 Å². The number of carbonyl (C=O) groups excluding carboxylic acids is 1. The highest BCUT2D eigenvalue weighted by Crippen LogP contribution is 2.57. The number of amides is 1. The summed E-state index contributed by atoms with van der Waals surface area (Å²) in [6.07, 6.45) is 1.90. The fourth-order valence-corrected chi connectivity index (χ4v) is 7.59. The van der Waals surface area contributed by atoms with E-state index in [1.165, 1.54) is 24.3 Å². The fourth-order valence-electron chi connectivity index (χ4n) is 7.59. The Labute approximate surface area is 219 Å². The van der Waals surface area contributed by atoms with Gasteiger partial charge in [0.15, 0.2) is 0 Å². The van der Waals surface area contributed by atoms with Crippen LogP contribution in [0.3, 0.4) is 0 Å². The molecule has 1 aromatic heterocycles. The van der Waals surface area contributed by atoms with Crippen LogP contribution in [0.1, 0.15) is 67.3 Å². The molecule has 0 unspecified atom stereocenters. The van der Waals surface area contributed by atoms with Crippen molar-refractivity contribution < 1.29 is 26.7 Å². The molecular weight excluding hydrogens is 501 g/mol. The molecule has 0 radical (unpaired) electrons. The van der Waals surface area contributed by atoms with E-state index in [1.54, 1.807) is 4.90 Å². The number of piperidine rings is 1. The molecule has 0 N–H and O–H groups in total. The SMILES string of the molecule is O=C(N1CCc2ncc(C(F)(F)F)cc2C1)[C@@]12CCC[C@@H]1C[C@@H](N1CCC(F)(c3ccc(F)cc3)CC1)C2. The number of fused-ring (bicyclic) bond motifs is 2. The van der Waals surface area contributed by atoms with E-state index in [4.69, 9.17) is 0 Å². The second-order valence-electron chi connectivity index (χ2n) is 11.7. The number of aromatic nitrogens is 1. The number of carbonyl (C=O) groups is 1. The zero-order valence-electron chi connectivity index (χ0n) is 21.2. The standard InChI is InChI=1S/C29H32F5N3O/c30-23-5-3-20(4-6-23)28(31)9-12-36(13-10-28)24-15-21-2-1-8-27(21,16-24)26(38)37-11-7-25-19(18-37)14-22(17-35-25)29(32,33)34/h3-6,14,17,21,24H,1-2,7-13,15-16,18H2/t21-,24-,27-/m1/s1. The number of hydrogen-bond donors (Lipinski definition) is 0. The number of likely N-dealkylation sites (tertiary alicyclic amines) is 1. The van der Waals surface area contributed by atoms with E-state index >= 15 is 4.39 Å². The molecular formula is C29H32F5N3O. The first-order chi connectivity index (χ1) is 18.1. The average molecular weight is 534 g/mol. The number of pyridine rings is 1. The van der Waals surface area contributed by atoms with Gasteiger partial charge in [0, 0.05) is 50.5 Å². The minimum absolute atomic E-state index is 0.0636. The Hall–Kier alpha value is -2.55. The third-order valence-electron chi connectivity index (χ3n) is 9.66. The van der Waals surface area contributed by atoms with Crippen molar-refractivity contribution in [2.45, 2.75) is 75.8 Å². The van der Waals surface area contributed by atoms with Crippen molar-refractivity contribution in [1.29, 1.82) is 0 Å². The van der Waals surface area contributed by atoms with Gasteiger partial charge in [-0.1, -0.05) is 18.6 Å². The van der Waals surface area contributed by atoms with Crippen LogP contribution in [0.25, 0.3) is 0 Å². The minimum atomic E-state index is -4.47. The van der Waals surface area contributed by atoms with Crippen LogP contribution in [0.2, 0.25) is 0 Å². The summed E-state index contributed by atoms with van der Waals surface area (Å²) >= 11 is 0. The maximum Gasteiger partial charge on any atom is 0.417 e. The fraction of sp³-hybridized carbons (Fsp3) is 0.586. The average Bonchev–Trinajstić information content (AvgIpc) is 3.47. The predicted octanol–water partition coefficient (Wildman–Crippen LogP) is 6.03. The number of halogens is 5. The van der Waals surface area contributed by atoms with Gasteiger partial charge >= 0.3 is 6.18 Å². The molecule has 38 heavy (non-hydrogen) atoms. The topological polar surface area (TPSA) is 36.4 Å². The molecule has 9 heteroatoms. The maximum atomic E-state index is 15.7. The Morgan fingerprint density at radius 1 is 1.05 bits per heavy atom. The number of nitrogens with zero attached hydrogens (tertiary/aromatic N) is 3. The van der Waals surface area contributed by atoms with Gasteiger partial charge in [0.25, 0.3) is 0 Å². The van der Waals surface area contributed by atoms with Gasteiger partial charge in [0.2, 0.25) is 5.91 Å². The van der Waals surface area contributed by atoms with Gasteiger partial charge in [0.1, 0.15) is 11.5 Å². The lowest BCUT2D eigenvalue weighted by Crippen LogP contribution is -2.48. The van der Waals surface area contributed by atoms with Crippen molar-refractivity contribution in [2.24, 2.45) is 11.3 Å². The number of benzene rings is 1. The molecule has 3 fully saturated rings. The van der Waals surface area contributed by atoms with E-state index in [1.807, 2.05) is 0 Å². The van der Waals surface area contributed by atoms with Crippen molar-refractivity contribution in [3.05, 3.63) is 64.7 Å². The van der Waals surface area contributed by atoms with Crippen LogP contribution in [-0.4, -0.2) is 46.4 Å². The van der Waals surface area contributed by atoms with Crippen molar-refractivity contribution >= 4 is 5.91 Å². The van der Waals surface area contributed by atoms with Crippen molar-refractivity contribution in [3.63, 3.8) is 0 Å². The van der Waals surface area contributed by atoms with Crippen LogP contribution >= 0.6 is 0 Å². The first-order valence-electron chi connectivity index (χ1n) is 13.6. The molecule has 6 rings (SSSR count). The van der Waals surface area contributed by atoms with Crippen LogP contribution in [0.4, 0.5) is 22.0 Å². The molecule has 2 aromatic rings. The molecule has 0 bridgehead atoms. The van der Waals surface area contributed by atoms with Crippen LogP contribution in [-0.2, 0) is 29.6 Å². The molecule has 1 saturated heterocycles. The van der Waals surface area contributed by atoms with E-state index in [0.29, 0.717) is 55.7 Å². The quantitative estimate of drug-likeness (QED) is 0.452. The Morgan fingerprint density at radius 2 is 1.79 bits per heavy atom. The van der Waals surface area contributed by atoms with Gasteiger partial charge in [0.05, 0.1) is 11.0 Å². The van der Waals surface area contributed by atoms with Gasteiger partial charge in [-0.2, -0.15) is 13.2 Å². The molecule has 1 amide bonds. The molecule has 0 spiro atoms. The second-order valence-corrected chi connectivity index (χ2v) is 11.7. The zero-order chi connectivity index (χ0) is 26.7. The minimum Gasteiger partial charge on any atom is -0.337 e. The summed E-state index contributed by atoms with van der Waals surface area (Å²) < 4.78 is 68.8. The molecule has 3 heterocycles. The van der Waals surface area contributed by atoms with E-state index in [2.05, 4.69) is 9.88 Å². The van der Waals surface area contributed by atoms with Crippen LogP contribution in [0.15, 0.2) is 36.5 Å². The molecule has 4 nitrogen and oxygen atoms in total. The highest BCUT2D eigenvalue weighted by atomic mass is 19.4. The van der Waals surface area contributed by atoms with Crippen molar-refractivity contribution in [1.82, 2.24) is 14.8 Å². The molecule has 3 atom stereocenters. The molecule has 204 valence electrons. The Balaban J connectivity index is 1.15. The summed E-state index contributed by atoms with van der Waals surface area (Å²) in [5.74, 6) is -0.0691. The highest BCUT2D eigenvalue weighted by Gasteiger charge is 2.57. The lowest BCUT2D eigenvalue weighted by molar-refractivity contribution is -0.144. The van der Waals surface area contributed by atoms with Crippen molar-refractivity contribution in [2.75, 3.05) is 19.6 Å². The summed E-state index contributed by atoms with van der Waals surface area (Å²) in [5.41, 5.74) is -1.11.